The Morgan fingerprint density at radius 2 is 1.10 bits per heavy atom. The molecule has 0 N–H and O–H groups in total. The second-order valence-corrected chi connectivity index (χ2v) is 23.6. The highest BCUT2D eigenvalue weighted by Crippen LogP contribution is 2.61. The maximum Gasteiger partial charge on any atom is 0.0859 e. The topological polar surface area (TPSA) is 0 Å². The minimum absolute atomic E-state index is 0.265. The molecule has 1 fully saturated rings. The van der Waals surface area contributed by atoms with Gasteiger partial charge < -0.3 is 0 Å². The molecule has 210 valence electrons. The molecular formula is C37H54Si2. The number of fused-ring (bicyclic) bond motifs is 3. The molecule has 5 rings (SSSR count). The van der Waals surface area contributed by atoms with Crippen LogP contribution in [0.5, 0.6) is 0 Å². The van der Waals surface area contributed by atoms with E-state index in [1.54, 1.807) is 38.2 Å². The fourth-order valence-corrected chi connectivity index (χ4v) is 16.5. The third kappa shape index (κ3) is 4.62. The van der Waals surface area contributed by atoms with Crippen molar-refractivity contribution in [3.8, 4) is 11.1 Å². The molecular weight excluding hydrogens is 501 g/mol. The number of benzene rings is 2. The first-order valence-corrected chi connectivity index (χ1v) is 21.9. The minimum atomic E-state index is -1.46. The van der Waals surface area contributed by atoms with Gasteiger partial charge in [0.15, 0.2) is 0 Å². The van der Waals surface area contributed by atoms with Crippen LogP contribution in [0.15, 0.2) is 60.2 Å². The molecule has 0 spiro atoms. The lowest BCUT2D eigenvalue weighted by Crippen LogP contribution is -2.46. The van der Waals surface area contributed by atoms with Crippen LogP contribution in [-0.2, 0) is 0 Å². The Balaban J connectivity index is 1.78. The molecule has 0 atom stereocenters. The van der Waals surface area contributed by atoms with E-state index in [1.165, 1.54) is 74.8 Å². The predicted molar refractivity (Wildman–Crippen MR) is 179 cm³/mol. The van der Waals surface area contributed by atoms with Crippen molar-refractivity contribution in [2.45, 2.75) is 129 Å². The van der Waals surface area contributed by atoms with E-state index in [0.29, 0.717) is 5.92 Å². The highest BCUT2D eigenvalue weighted by atomic mass is 28.3. The summed E-state index contributed by atoms with van der Waals surface area (Å²) in [5, 5.41) is 3.46. The van der Waals surface area contributed by atoms with Gasteiger partial charge in [-0.2, -0.15) is 0 Å². The highest BCUT2D eigenvalue weighted by Gasteiger charge is 2.48. The monoisotopic (exact) mass is 554 g/mol. The van der Waals surface area contributed by atoms with Crippen LogP contribution in [0.4, 0.5) is 0 Å². The molecule has 2 aromatic rings. The first-order valence-electron chi connectivity index (χ1n) is 16.6. The highest BCUT2D eigenvalue weighted by molar-refractivity contribution is 6.92. The van der Waals surface area contributed by atoms with Gasteiger partial charge in [0.1, 0.15) is 0 Å². The maximum atomic E-state index is 2.78. The van der Waals surface area contributed by atoms with E-state index >= 15 is 0 Å². The molecule has 0 nitrogen and oxygen atoms in total. The summed E-state index contributed by atoms with van der Waals surface area (Å²) >= 11 is 0. The van der Waals surface area contributed by atoms with Crippen LogP contribution in [0.1, 0.15) is 104 Å². The molecule has 2 heteroatoms. The largest absolute Gasteiger partial charge is 0.0859 e. The van der Waals surface area contributed by atoms with Crippen LogP contribution >= 0.6 is 0 Å². The van der Waals surface area contributed by atoms with Crippen LogP contribution < -0.4 is 10.4 Å². The van der Waals surface area contributed by atoms with E-state index in [0.717, 1.165) is 6.42 Å². The van der Waals surface area contributed by atoms with Crippen molar-refractivity contribution in [3.63, 3.8) is 0 Å². The molecule has 0 bridgehead atoms. The van der Waals surface area contributed by atoms with E-state index in [2.05, 4.69) is 96.2 Å². The van der Waals surface area contributed by atoms with Crippen molar-refractivity contribution >= 4 is 26.5 Å². The fraction of sp³-hybridized carbons (Fsp3) is 0.568. The Labute approximate surface area is 242 Å². The third-order valence-electron chi connectivity index (χ3n) is 12.3. The first-order chi connectivity index (χ1) is 19.0. The number of allylic oxidation sites excluding steroid dienone is 4. The lowest BCUT2D eigenvalue weighted by Gasteiger charge is -2.42. The predicted octanol–water partition coefficient (Wildman–Crippen LogP) is 10.5. The average Bonchev–Trinajstić information content (AvgIpc) is 3.57. The van der Waals surface area contributed by atoms with Gasteiger partial charge in [-0.15, -0.1) is 0 Å². The summed E-state index contributed by atoms with van der Waals surface area (Å²) in [4.78, 5) is 0. The standard InChI is InChI=1S/C37H54Si2/c1-7-38(8-2,9-3)30-21-23-32-33-24-22-31(39(10-4,11-5)12-6)28-35(33)36(34(32)27-30)37(29-19-15-16-20-29)25-17-13-14-18-26-37/h15-16,19,21-24,27-28,36H,7-14,17-18,20,25-26H2,1-6H3. The lowest BCUT2D eigenvalue weighted by molar-refractivity contribution is 0.266. The third-order valence-corrected chi connectivity index (χ3v) is 23.5. The van der Waals surface area contributed by atoms with Gasteiger partial charge in [0.05, 0.1) is 16.1 Å². The summed E-state index contributed by atoms with van der Waals surface area (Å²) in [6.45, 7) is 14.8. The van der Waals surface area contributed by atoms with E-state index in [-0.39, 0.29) is 5.41 Å². The van der Waals surface area contributed by atoms with Crippen molar-refractivity contribution in [1.29, 1.82) is 0 Å². The molecule has 0 aromatic heterocycles. The second kappa shape index (κ2) is 11.7. The van der Waals surface area contributed by atoms with Crippen molar-refractivity contribution in [2.24, 2.45) is 5.41 Å². The fourth-order valence-electron chi connectivity index (χ4n) is 9.21. The summed E-state index contributed by atoms with van der Waals surface area (Å²) in [7, 11) is -2.93. The van der Waals surface area contributed by atoms with Gasteiger partial charge in [-0.3, -0.25) is 0 Å². The normalized spacial score (nSPS) is 19.1. The SMILES string of the molecule is CC[Si](CC)(CC)c1ccc2c(c1)C(C1(C3=CC=CC3)CCCCCC1)c1cc([Si](CC)(CC)CC)ccc1-2. The Morgan fingerprint density at radius 1 is 0.641 bits per heavy atom. The van der Waals surface area contributed by atoms with Crippen molar-refractivity contribution in [1.82, 2.24) is 0 Å². The summed E-state index contributed by atoms with van der Waals surface area (Å²) in [5.74, 6) is 0.515. The average molecular weight is 555 g/mol. The van der Waals surface area contributed by atoms with Crippen LogP contribution in [-0.4, -0.2) is 16.1 Å². The molecule has 3 aliphatic carbocycles. The van der Waals surface area contributed by atoms with Gasteiger partial charge >= 0.3 is 0 Å². The zero-order valence-corrected chi connectivity index (χ0v) is 28.0. The number of hydrogen-bond donors (Lipinski definition) is 0. The van der Waals surface area contributed by atoms with Crippen LogP contribution in [0.3, 0.4) is 0 Å². The summed E-state index contributed by atoms with van der Waals surface area (Å²) in [5.41, 5.74) is 8.50. The van der Waals surface area contributed by atoms with Gasteiger partial charge in [-0.25, -0.2) is 0 Å². The van der Waals surface area contributed by atoms with Crippen molar-refractivity contribution in [2.75, 3.05) is 0 Å². The van der Waals surface area contributed by atoms with Crippen LogP contribution in [0.25, 0.3) is 11.1 Å². The summed E-state index contributed by atoms with van der Waals surface area (Å²) < 4.78 is 0. The Hall–Kier alpha value is -1.65. The molecule has 0 unspecified atom stereocenters. The molecule has 1 saturated carbocycles. The Morgan fingerprint density at radius 3 is 1.49 bits per heavy atom. The molecule has 0 heterocycles. The van der Waals surface area contributed by atoms with Gasteiger partial charge in [-0.1, -0.05) is 174 Å². The van der Waals surface area contributed by atoms with E-state index < -0.39 is 16.1 Å². The number of rotatable bonds is 10. The quantitative estimate of drug-likeness (QED) is 0.202. The molecule has 0 saturated heterocycles. The Kier molecular flexibility index (Phi) is 8.65. The zero-order valence-electron chi connectivity index (χ0n) is 26.0. The number of hydrogen-bond acceptors (Lipinski definition) is 0. The van der Waals surface area contributed by atoms with Gasteiger partial charge in [0, 0.05) is 11.3 Å². The van der Waals surface area contributed by atoms with Gasteiger partial charge in [0.2, 0.25) is 0 Å². The second-order valence-electron chi connectivity index (χ2n) is 13.1. The molecule has 0 amide bonds. The molecule has 0 radical (unpaired) electrons. The van der Waals surface area contributed by atoms with Crippen molar-refractivity contribution < 1.29 is 0 Å². The summed E-state index contributed by atoms with van der Waals surface area (Å²) in [6, 6.07) is 24.0. The maximum absolute atomic E-state index is 2.78. The summed E-state index contributed by atoms with van der Waals surface area (Å²) in [6.07, 6.45) is 16.8. The Bertz CT molecular complexity index is 1130. The lowest BCUT2D eigenvalue weighted by atomic mass is 9.61. The van der Waals surface area contributed by atoms with Crippen LogP contribution in [0.2, 0.25) is 36.3 Å². The van der Waals surface area contributed by atoms with Crippen LogP contribution in [0, 0.1) is 5.41 Å². The molecule has 3 aliphatic rings. The van der Waals surface area contributed by atoms with E-state index in [9.17, 15) is 0 Å². The van der Waals surface area contributed by atoms with Gasteiger partial charge in [-0.05, 0) is 41.5 Å². The molecule has 39 heavy (non-hydrogen) atoms. The zero-order chi connectivity index (χ0) is 27.7. The molecule has 2 aromatic carbocycles. The minimum Gasteiger partial charge on any atom is -0.0804 e. The van der Waals surface area contributed by atoms with Crippen molar-refractivity contribution in [3.05, 3.63) is 71.3 Å². The first kappa shape index (κ1) is 28.9. The molecule has 0 aliphatic heterocycles. The van der Waals surface area contributed by atoms with E-state index in [1.807, 2.05) is 0 Å². The van der Waals surface area contributed by atoms with Gasteiger partial charge in [0.25, 0.3) is 0 Å². The van der Waals surface area contributed by atoms with E-state index in [4.69, 9.17) is 0 Å². The smallest absolute Gasteiger partial charge is 0.0804 e.